The summed E-state index contributed by atoms with van der Waals surface area (Å²) in [7, 11) is 1.58. The van der Waals surface area contributed by atoms with Crippen molar-refractivity contribution in [2.24, 2.45) is 7.05 Å². The number of hydrogen-bond acceptors (Lipinski definition) is 6. The summed E-state index contributed by atoms with van der Waals surface area (Å²) in [5.74, 6) is -1.36. The molecular weight excluding hydrogens is 451 g/mol. The topological polar surface area (TPSA) is 93.1 Å². The molecule has 4 aromatic rings. The van der Waals surface area contributed by atoms with E-state index in [4.69, 9.17) is 0 Å². The van der Waals surface area contributed by atoms with Crippen molar-refractivity contribution in [3.05, 3.63) is 76.8 Å². The number of nitrogens with zero attached hydrogens (tertiary/aromatic N) is 2. The van der Waals surface area contributed by atoms with Crippen LogP contribution >= 0.6 is 23.1 Å². The first-order valence-corrected chi connectivity index (χ1v) is 11.3. The molecule has 0 radical (unpaired) electrons. The van der Waals surface area contributed by atoms with E-state index < -0.39 is 17.8 Å². The zero-order valence-electron chi connectivity index (χ0n) is 16.8. The predicted molar refractivity (Wildman–Crippen MR) is 125 cm³/mol. The fraction of sp³-hybridized carbons (Fsp3) is 0.0909. The SMILES string of the molecule is Cn1c(SCC(=O)NC(=O)Nc2ccccc2F)nc2sc(-c3ccccc3)cc2c1=O. The van der Waals surface area contributed by atoms with Gasteiger partial charge in [0.05, 0.1) is 16.8 Å². The molecule has 2 heterocycles. The van der Waals surface area contributed by atoms with E-state index in [0.29, 0.717) is 15.4 Å². The third-order valence-corrected chi connectivity index (χ3v) is 6.61. The van der Waals surface area contributed by atoms with Crippen molar-refractivity contribution in [1.82, 2.24) is 14.9 Å². The molecule has 0 aliphatic carbocycles. The smallest absolute Gasteiger partial charge is 0.305 e. The second-order valence-corrected chi connectivity index (χ2v) is 8.70. The maximum absolute atomic E-state index is 13.6. The molecule has 7 nitrogen and oxygen atoms in total. The molecule has 0 spiro atoms. The Kier molecular flexibility index (Phi) is 6.33. The molecule has 2 N–H and O–H groups in total. The van der Waals surface area contributed by atoms with Crippen molar-refractivity contribution < 1.29 is 14.0 Å². The number of amides is 3. The Morgan fingerprint density at radius 2 is 1.84 bits per heavy atom. The molecule has 0 fully saturated rings. The summed E-state index contributed by atoms with van der Waals surface area (Å²) in [5, 5.41) is 5.28. The minimum Gasteiger partial charge on any atom is -0.305 e. The highest BCUT2D eigenvalue weighted by Gasteiger charge is 2.16. The summed E-state index contributed by atoms with van der Waals surface area (Å²) < 4.78 is 15.0. The third kappa shape index (κ3) is 4.71. The van der Waals surface area contributed by atoms with Crippen molar-refractivity contribution in [3.63, 3.8) is 0 Å². The van der Waals surface area contributed by atoms with Crippen molar-refractivity contribution in [2.45, 2.75) is 5.16 Å². The molecule has 3 amide bonds. The molecule has 0 saturated carbocycles. The molecule has 2 aromatic heterocycles. The molecule has 0 bridgehead atoms. The Labute approximate surface area is 190 Å². The van der Waals surface area contributed by atoms with Gasteiger partial charge in [-0.1, -0.05) is 54.2 Å². The maximum atomic E-state index is 13.6. The van der Waals surface area contributed by atoms with E-state index in [-0.39, 0.29) is 17.0 Å². The van der Waals surface area contributed by atoms with Gasteiger partial charge in [-0.2, -0.15) is 0 Å². The van der Waals surface area contributed by atoms with Gasteiger partial charge in [0.2, 0.25) is 5.91 Å². The van der Waals surface area contributed by atoms with Crippen LogP contribution in [0.25, 0.3) is 20.7 Å². The maximum Gasteiger partial charge on any atom is 0.325 e. The molecule has 162 valence electrons. The molecule has 4 rings (SSSR count). The number of imide groups is 1. The minimum atomic E-state index is -0.844. The number of thiophene rings is 1. The molecule has 0 unspecified atom stereocenters. The number of halogens is 1. The number of aromatic nitrogens is 2. The molecular formula is C22H17FN4O3S2. The van der Waals surface area contributed by atoms with E-state index in [1.165, 1.54) is 34.1 Å². The average molecular weight is 469 g/mol. The van der Waals surface area contributed by atoms with Gasteiger partial charge in [0.15, 0.2) is 5.16 Å². The van der Waals surface area contributed by atoms with Gasteiger partial charge in [0.1, 0.15) is 10.6 Å². The molecule has 0 atom stereocenters. The lowest BCUT2D eigenvalue weighted by Crippen LogP contribution is -2.35. The van der Waals surface area contributed by atoms with Crippen LogP contribution in [0, 0.1) is 5.82 Å². The standard InChI is InChI=1S/C22H17FN4O3S2/c1-27-20(29)14-11-17(13-7-3-2-4-8-13)32-19(14)26-22(27)31-12-18(28)25-21(30)24-16-10-6-5-9-15(16)23/h2-11H,12H2,1H3,(H2,24,25,28,30). The van der Waals surface area contributed by atoms with Crippen LogP contribution in [0.1, 0.15) is 0 Å². The van der Waals surface area contributed by atoms with Crippen LogP contribution in [0.15, 0.2) is 70.6 Å². The number of carbonyl (C=O) groups is 2. The summed E-state index contributed by atoms with van der Waals surface area (Å²) in [6.07, 6.45) is 0. The Balaban J connectivity index is 1.45. The van der Waals surface area contributed by atoms with Crippen LogP contribution in [-0.4, -0.2) is 27.2 Å². The Hall–Kier alpha value is -3.50. The van der Waals surface area contributed by atoms with Crippen LogP contribution < -0.4 is 16.2 Å². The van der Waals surface area contributed by atoms with Gasteiger partial charge in [-0.3, -0.25) is 19.5 Å². The van der Waals surface area contributed by atoms with Crippen molar-refractivity contribution in [3.8, 4) is 10.4 Å². The first kappa shape index (κ1) is 21.7. The van der Waals surface area contributed by atoms with Crippen molar-refractivity contribution in [1.29, 1.82) is 0 Å². The van der Waals surface area contributed by atoms with Crippen LogP contribution in [-0.2, 0) is 11.8 Å². The van der Waals surface area contributed by atoms with Gasteiger partial charge in [-0.15, -0.1) is 11.3 Å². The van der Waals surface area contributed by atoms with Gasteiger partial charge in [-0.05, 0) is 23.8 Å². The van der Waals surface area contributed by atoms with E-state index in [1.54, 1.807) is 13.1 Å². The summed E-state index contributed by atoms with van der Waals surface area (Å²) in [6.45, 7) is 0. The summed E-state index contributed by atoms with van der Waals surface area (Å²) in [5.41, 5.74) is 0.743. The van der Waals surface area contributed by atoms with Gasteiger partial charge in [0.25, 0.3) is 5.56 Å². The van der Waals surface area contributed by atoms with E-state index >= 15 is 0 Å². The normalized spacial score (nSPS) is 10.8. The molecule has 32 heavy (non-hydrogen) atoms. The van der Waals surface area contributed by atoms with Crippen LogP contribution in [0.2, 0.25) is 0 Å². The third-order valence-electron chi connectivity index (χ3n) is 4.50. The van der Waals surface area contributed by atoms with Crippen LogP contribution in [0.4, 0.5) is 14.9 Å². The summed E-state index contributed by atoms with van der Waals surface area (Å²) >= 11 is 2.43. The minimum absolute atomic E-state index is 0.0353. The number of carbonyl (C=O) groups excluding carboxylic acids is 2. The van der Waals surface area contributed by atoms with Gasteiger partial charge in [-0.25, -0.2) is 14.2 Å². The Morgan fingerprint density at radius 1 is 1.12 bits per heavy atom. The molecule has 0 saturated heterocycles. The van der Waals surface area contributed by atoms with E-state index in [2.05, 4.69) is 15.6 Å². The number of hydrogen-bond donors (Lipinski definition) is 2. The second kappa shape index (κ2) is 9.33. The molecule has 10 heteroatoms. The largest absolute Gasteiger partial charge is 0.325 e. The number of nitrogens with one attached hydrogen (secondary N) is 2. The number of benzene rings is 2. The zero-order valence-corrected chi connectivity index (χ0v) is 18.4. The molecule has 0 aliphatic heterocycles. The first-order valence-electron chi connectivity index (χ1n) is 9.46. The molecule has 2 aromatic carbocycles. The summed E-state index contributed by atoms with van der Waals surface area (Å²) in [6, 6.07) is 16.3. The lowest BCUT2D eigenvalue weighted by Gasteiger charge is -2.08. The van der Waals surface area contributed by atoms with Crippen LogP contribution in [0.5, 0.6) is 0 Å². The quantitative estimate of drug-likeness (QED) is 0.338. The zero-order chi connectivity index (χ0) is 22.7. The lowest BCUT2D eigenvalue weighted by atomic mass is 10.2. The van der Waals surface area contributed by atoms with Gasteiger partial charge < -0.3 is 5.32 Å². The number of fused-ring (bicyclic) bond motifs is 1. The predicted octanol–water partition coefficient (Wildman–Crippen LogP) is 4.24. The fourth-order valence-electron chi connectivity index (χ4n) is 2.93. The second-order valence-electron chi connectivity index (χ2n) is 6.72. The Morgan fingerprint density at radius 3 is 2.59 bits per heavy atom. The number of thioether (sulfide) groups is 1. The van der Waals surface area contributed by atoms with E-state index in [1.807, 2.05) is 36.4 Å². The number of urea groups is 1. The van der Waals surface area contributed by atoms with E-state index in [0.717, 1.165) is 22.2 Å². The highest BCUT2D eigenvalue weighted by atomic mass is 32.2. The number of para-hydroxylation sites is 1. The van der Waals surface area contributed by atoms with Crippen LogP contribution in [0.3, 0.4) is 0 Å². The van der Waals surface area contributed by atoms with Gasteiger partial charge >= 0.3 is 6.03 Å². The highest BCUT2D eigenvalue weighted by molar-refractivity contribution is 7.99. The summed E-state index contributed by atoms with van der Waals surface area (Å²) in [4.78, 5) is 42.9. The van der Waals surface area contributed by atoms with E-state index in [9.17, 15) is 18.8 Å². The average Bonchev–Trinajstić information content (AvgIpc) is 3.22. The monoisotopic (exact) mass is 468 g/mol. The number of rotatable bonds is 5. The fourth-order valence-corrected chi connectivity index (χ4v) is 4.78. The lowest BCUT2D eigenvalue weighted by molar-refractivity contribution is -0.117. The Bertz CT molecular complexity index is 1370. The molecule has 0 aliphatic rings. The highest BCUT2D eigenvalue weighted by Crippen LogP contribution is 2.31. The van der Waals surface area contributed by atoms with Crippen molar-refractivity contribution >= 4 is 50.9 Å². The number of anilines is 1. The van der Waals surface area contributed by atoms with Crippen molar-refractivity contribution in [2.75, 3.05) is 11.1 Å². The van der Waals surface area contributed by atoms with Gasteiger partial charge in [0, 0.05) is 11.9 Å². The first-order chi connectivity index (χ1) is 15.4.